The third-order valence-electron chi connectivity index (χ3n) is 5.07. The summed E-state index contributed by atoms with van der Waals surface area (Å²) in [6.45, 7) is 14.3. The molecule has 30 heavy (non-hydrogen) atoms. The van der Waals surface area contributed by atoms with Gasteiger partial charge in [0, 0.05) is 36.6 Å². The first-order chi connectivity index (χ1) is 14.0. The zero-order valence-corrected chi connectivity index (χ0v) is 19.2. The van der Waals surface area contributed by atoms with Crippen LogP contribution in [-0.2, 0) is 10.8 Å². The maximum Gasteiger partial charge on any atom is 0.124 e. The molecule has 0 atom stereocenters. The Morgan fingerprint density at radius 3 is 1.37 bits per heavy atom. The lowest BCUT2D eigenvalue weighted by molar-refractivity contribution is 0.472. The van der Waals surface area contributed by atoms with Crippen molar-refractivity contribution in [2.75, 3.05) is 13.1 Å². The van der Waals surface area contributed by atoms with E-state index in [1.54, 1.807) is 24.6 Å². The lowest BCUT2D eigenvalue weighted by atomic mass is 9.86. The summed E-state index contributed by atoms with van der Waals surface area (Å²) in [4.78, 5) is 8.91. The van der Waals surface area contributed by atoms with Crippen molar-refractivity contribution in [3.63, 3.8) is 0 Å². The van der Waals surface area contributed by atoms with Gasteiger partial charge in [-0.25, -0.2) is 0 Å². The number of nitrogens with zero attached hydrogens (tertiary/aromatic N) is 2. The lowest BCUT2D eigenvalue weighted by Crippen LogP contribution is -2.11. The van der Waals surface area contributed by atoms with Gasteiger partial charge in [0.1, 0.15) is 11.5 Å². The Bertz CT molecular complexity index is 825. The second-order valence-electron chi connectivity index (χ2n) is 9.82. The number of aliphatic imine (C=N–C) groups is 2. The van der Waals surface area contributed by atoms with Gasteiger partial charge in [-0.1, -0.05) is 53.7 Å². The summed E-state index contributed by atoms with van der Waals surface area (Å²) in [5.41, 5.74) is 3.94. The largest absolute Gasteiger partial charge is 0.507 e. The van der Waals surface area contributed by atoms with Crippen LogP contribution >= 0.6 is 0 Å². The van der Waals surface area contributed by atoms with Crippen LogP contribution in [0.2, 0.25) is 0 Å². The second-order valence-corrected chi connectivity index (χ2v) is 9.82. The molecule has 0 spiro atoms. The number of rotatable bonds is 7. The minimum absolute atomic E-state index is 0.0368. The van der Waals surface area contributed by atoms with Gasteiger partial charge in [-0.3, -0.25) is 9.98 Å². The summed E-state index contributed by atoms with van der Waals surface area (Å²) in [6.07, 6.45) is 5.34. The first-order valence-electron chi connectivity index (χ1n) is 10.6. The van der Waals surface area contributed by atoms with Crippen molar-refractivity contribution < 1.29 is 10.2 Å². The van der Waals surface area contributed by atoms with Crippen molar-refractivity contribution in [1.29, 1.82) is 0 Å². The Hall–Kier alpha value is -2.62. The maximum atomic E-state index is 10.0. The molecule has 0 radical (unpaired) electrons. The number of phenols is 2. The van der Waals surface area contributed by atoms with Crippen LogP contribution in [0.1, 0.15) is 76.6 Å². The number of hydrogen-bond donors (Lipinski definition) is 2. The highest BCUT2D eigenvalue weighted by atomic mass is 16.3. The molecule has 0 saturated carbocycles. The van der Waals surface area contributed by atoms with Gasteiger partial charge in [0.25, 0.3) is 0 Å². The van der Waals surface area contributed by atoms with Crippen LogP contribution < -0.4 is 0 Å². The minimum Gasteiger partial charge on any atom is -0.507 e. The zero-order valence-electron chi connectivity index (χ0n) is 19.2. The number of aromatic hydroxyl groups is 2. The average Bonchev–Trinajstić information content (AvgIpc) is 2.64. The fraction of sp³-hybridized carbons (Fsp3) is 0.462. The van der Waals surface area contributed by atoms with Crippen LogP contribution in [0.15, 0.2) is 46.4 Å². The molecule has 4 nitrogen and oxygen atoms in total. The van der Waals surface area contributed by atoms with Crippen LogP contribution in [0, 0.1) is 0 Å². The van der Waals surface area contributed by atoms with E-state index >= 15 is 0 Å². The van der Waals surface area contributed by atoms with E-state index in [-0.39, 0.29) is 22.3 Å². The van der Waals surface area contributed by atoms with Crippen LogP contribution in [0.3, 0.4) is 0 Å². The van der Waals surface area contributed by atoms with Crippen molar-refractivity contribution >= 4 is 12.4 Å². The van der Waals surface area contributed by atoms with Crippen molar-refractivity contribution in [2.45, 2.75) is 65.2 Å². The Morgan fingerprint density at radius 1 is 0.667 bits per heavy atom. The summed E-state index contributed by atoms with van der Waals surface area (Å²) in [5, 5.41) is 20.1. The smallest absolute Gasteiger partial charge is 0.124 e. The zero-order chi connectivity index (χ0) is 22.4. The van der Waals surface area contributed by atoms with E-state index in [1.807, 2.05) is 24.3 Å². The van der Waals surface area contributed by atoms with Gasteiger partial charge in [-0.15, -0.1) is 0 Å². The summed E-state index contributed by atoms with van der Waals surface area (Å²) in [7, 11) is 0. The molecule has 0 aliphatic rings. The number of unbranched alkanes of at least 4 members (excludes halogenated alkanes) is 1. The Morgan fingerprint density at radius 2 is 1.03 bits per heavy atom. The Labute approximate surface area is 181 Å². The van der Waals surface area contributed by atoms with E-state index in [0.29, 0.717) is 13.1 Å². The second kappa shape index (κ2) is 9.92. The minimum atomic E-state index is 0.0368. The van der Waals surface area contributed by atoms with E-state index in [2.05, 4.69) is 51.5 Å². The van der Waals surface area contributed by atoms with Crippen molar-refractivity contribution in [1.82, 2.24) is 0 Å². The van der Waals surface area contributed by atoms with E-state index in [4.69, 9.17) is 0 Å². The van der Waals surface area contributed by atoms with E-state index < -0.39 is 0 Å². The fourth-order valence-electron chi connectivity index (χ4n) is 2.98. The fourth-order valence-corrected chi connectivity index (χ4v) is 2.98. The van der Waals surface area contributed by atoms with Crippen LogP contribution in [-0.4, -0.2) is 35.7 Å². The first kappa shape index (κ1) is 23.7. The molecular weight excluding hydrogens is 372 g/mol. The molecule has 162 valence electrons. The summed E-state index contributed by atoms with van der Waals surface area (Å²) in [5.74, 6) is 0.516. The highest BCUT2D eigenvalue weighted by Gasteiger charge is 2.15. The first-order valence-corrected chi connectivity index (χ1v) is 10.6. The topological polar surface area (TPSA) is 65.2 Å². The van der Waals surface area contributed by atoms with E-state index in [9.17, 15) is 10.2 Å². The average molecular weight is 409 g/mol. The maximum absolute atomic E-state index is 10.0. The molecule has 0 aliphatic heterocycles. The summed E-state index contributed by atoms with van der Waals surface area (Å²) >= 11 is 0. The summed E-state index contributed by atoms with van der Waals surface area (Å²) < 4.78 is 0. The van der Waals surface area contributed by atoms with Gasteiger partial charge < -0.3 is 10.2 Å². The van der Waals surface area contributed by atoms with E-state index in [0.717, 1.165) is 24.0 Å². The van der Waals surface area contributed by atoms with Gasteiger partial charge in [0.2, 0.25) is 0 Å². The molecule has 4 heteroatoms. The molecule has 2 aromatic carbocycles. The molecular formula is C26H36N2O2. The Kier molecular flexibility index (Phi) is 7.83. The van der Waals surface area contributed by atoms with Gasteiger partial charge >= 0.3 is 0 Å². The van der Waals surface area contributed by atoms with Crippen molar-refractivity contribution in [2.24, 2.45) is 9.98 Å². The van der Waals surface area contributed by atoms with Gasteiger partial charge in [0.15, 0.2) is 0 Å². The van der Waals surface area contributed by atoms with Crippen molar-refractivity contribution in [3.05, 3.63) is 58.7 Å². The molecule has 2 aromatic rings. The highest BCUT2D eigenvalue weighted by Crippen LogP contribution is 2.27. The van der Waals surface area contributed by atoms with Crippen LogP contribution in [0.25, 0.3) is 0 Å². The van der Waals surface area contributed by atoms with Crippen molar-refractivity contribution in [3.8, 4) is 11.5 Å². The van der Waals surface area contributed by atoms with E-state index in [1.165, 1.54) is 11.1 Å². The molecule has 0 aliphatic carbocycles. The predicted octanol–water partition coefficient (Wildman–Crippen LogP) is 6.01. The quantitative estimate of drug-likeness (QED) is 0.435. The third-order valence-corrected chi connectivity index (χ3v) is 5.07. The van der Waals surface area contributed by atoms with Gasteiger partial charge in [-0.2, -0.15) is 0 Å². The normalized spacial score (nSPS) is 12.9. The third kappa shape index (κ3) is 7.01. The molecule has 0 unspecified atom stereocenters. The molecule has 0 aromatic heterocycles. The predicted molar refractivity (Wildman–Crippen MR) is 128 cm³/mol. The SMILES string of the molecule is CC(C)(C)c1ccc(O)c(C=NCCCCN=Cc2cc(C(C)(C)C)ccc2O)c1. The monoisotopic (exact) mass is 408 g/mol. The molecule has 0 fully saturated rings. The van der Waals surface area contributed by atoms with Crippen LogP contribution in [0.4, 0.5) is 0 Å². The molecule has 0 bridgehead atoms. The van der Waals surface area contributed by atoms with Gasteiger partial charge in [0.05, 0.1) is 0 Å². The molecule has 0 amide bonds. The van der Waals surface area contributed by atoms with Gasteiger partial charge in [-0.05, 0) is 59.1 Å². The number of phenolic OH excluding ortho intramolecular Hbond substituents is 2. The molecule has 2 N–H and O–H groups in total. The highest BCUT2D eigenvalue weighted by molar-refractivity contribution is 5.84. The molecule has 2 rings (SSSR count). The van der Waals surface area contributed by atoms with Crippen LogP contribution in [0.5, 0.6) is 11.5 Å². The number of benzene rings is 2. The molecule has 0 saturated heterocycles. The lowest BCUT2D eigenvalue weighted by Gasteiger charge is -2.19. The standard InChI is InChI=1S/C26H36N2O2/c1-25(2,3)21-9-11-23(29)19(15-21)17-27-13-7-8-14-28-18-20-16-22(26(4,5)6)10-12-24(20)30/h9-12,15-18,29-30H,7-8,13-14H2,1-6H3. The Balaban J connectivity index is 1.83. The summed E-state index contributed by atoms with van der Waals surface area (Å²) in [6, 6.07) is 11.4. The number of hydrogen-bond acceptors (Lipinski definition) is 4. The molecule has 0 heterocycles.